The second-order valence-corrected chi connectivity index (χ2v) is 7.09. The minimum Gasteiger partial charge on any atom is -0.497 e. The van der Waals surface area contributed by atoms with Crippen molar-refractivity contribution in [1.29, 1.82) is 0 Å². The minimum atomic E-state index is -0.237. The highest BCUT2D eigenvalue weighted by molar-refractivity contribution is 7.16. The molecule has 26 heavy (non-hydrogen) atoms. The molecule has 1 aromatic heterocycles. The molecule has 0 aliphatic carbocycles. The first kappa shape index (κ1) is 18.2. The Labute approximate surface area is 160 Å². The van der Waals surface area contributed by atoms with Gasteiger partial charge in [-0.05, 0) is 49.4 Å². The number of carbonyl (C=O) groups is 1. The minimum absolute atomic E-state index is 0.237. The maximum atomic E-state index is 12.4. The van der Waals surface area contributed by atoms with E-state index in [1.165, 1.54) is 11.3 Å². The number of hydrogen-bond donors (Lipinski definition) is 1. The number of amides is 1. The summed E-state index contributed by atoms with van der Waals surface area (Å²) in [5, 5.41) is 3.93. The average molecular weight is 389 g/mol. The zero-order chi connectivity index (χ0) is 18.7. The molecule has 134 valence electrons. The van der Waals surface area contributed by atoms with Crippen molar-refractivity contribution in [3.8, 4) is 22.8 Å². The van der Waals surface area contributed by atoms with Crippen LogP contribution in [0.2, 0.25) is 5.02 Å². The van der Waals surface area contributed by atoms with Gasteiger partial charge in [0.25, 0.3) is 5.91 Å². The van der Waals surface area contributed by atoms with Crippen LogP contribution in [-0.4, -0.2) is 25.1 Å². The summed E-state index contributed by atoms with van der Waals surface area (Å²) in [7, 11) is 3.22. The van der Waals surface area contributed by atoms with Gasteiger partial charge in [0.2, 0.25) is 0 Å². The number of benzene rings is 2. The van der Waals surface area contributed by atoms with E-state index in [4.69, 9.17) is 21.1 Å². The van der Waals surface area contributed by atoms with E-state index >= 15 is 0 Å². The molecule has 0 radical (unpaired) electrons. The van der Waals surface area contributed by atoms with Crippen molar-refractivity contribution < 1.29 is 14.3 Å². The molecule has 0 atom stereocenters. The topological polar surface area (TPSA) is 60.5 Å². The van der Waals surface area contributed by atoms with Crippen molar-refractivity contribution in [1.82, 2.24) is 4.98 Å². The van der Waals surface area contributed by atoms with Crippen molar-refractivity contribution in [3.05, 3.63) is 57.9 Å². The van der Waals surface area contributed by atoms with Gasteiger partial charge in [-0.2, -0.15) is 0 Å². The van der Waals surface area contributed by atoms with Crippen LogP contribution in [0.5, 0.6) is 11.5 Å². The van der Waals surface area contributed by atoms with Gasteiger partial charge in [-0.25, -0.2) is 4.98 Å². The lowest BCUT2D eigenvalue weighted by atomic mass is 10.1. The van der Waals surface area contributed by atoms with Crippen LogP contribution in [0.25, 0.3) is 11.3 Å². The number of anilines is 1. The molecule has 0 unspecified atom stereocenters. The van der Waals surface area contributed by atoms with E-state index in [1.807, 2.05) is 25.1 Å². The number of nitrogens with zero attached hydrogens (tertiary/aromatic N) is 1. The quantitative estimate of drug-likeness (QED) is 0.665. The number of carbonyl (C=O) groups excluding carboxylic acids is 1. The van der Waals surface area contributed by atoms with Gasteiger partial charge in [0, 0.05) is 21.0 Å². The lowest BCUT2D eigenvalue weighted by Gasteiger charge is -2.09. The van der Waals surface area contributed by atoms with Crippen LogP contribution in [-0.2, 0) is 0 Å². The summed E-state index contributed by atoms with van der Waals surface area (Å²) >= 11 is 7.26. The van der Waals surface area contributed by atoms with Crippen LogP contribution in [0.4, 0.5) is 5.13 Å². The van der Waals surface area contributed by atoms with E-state index in [0.717, 1.165) is 16.1 Å². The number of aryl methyl sites for hydroxylation is 1. The molecule has 2 aromatic carbocycles. The van der Waals surface area contributed by atoms with Gasteiger partial charge >= 0.3 is 0 Å². The summed E-state index contributed by atoms with van der Waals surface area (Å²) in [6, 6.07) is 12.2. The number of ether oxygens (including phenoxy) is 2. The smallest absolute Gasteiger partial charge is 0.257 e. The van der Waals surface area contributed by atoms with Gasteiger partial charge in [0.15, 0.2) is 5.13 Å². The van der Waals surface area contributed by atoms with Gasteiger partial charge < -0.3 is 9.47 Å². The second kappa shape index (κ2) is 7.76. The van der Waals surface area contributed by atoms with Crippen LogP contribution >= 0.6 is 22.9 Å². The van der Waals surface area contributed by atoms with E-state index in [9.17, 15) is 4.79 Å². The first-order valence-corrected chi connectivity index (χ1v) is 8.98. The molecule has 0 aliphatic rings. The number of rotatable bonds is 5. The van der Waals surface area contributed by atoms with Crippen LogP contribution in [0.3, 0.4) is 0 Å². The summed E-state index contributed by atoms with van der Waals surface area (Å²) in [5.74, 6) is 1.16. The number of thiazole rings is 1. The maximum Gasteiger partial charge on any atom is 0.257 e. The van der Waals surface area contributed by atoms with Crippen molar-refractivity contribution >= 4 is 34.0 Å². The Morgan fingerprint density at radius 2 is 1.85 bits per heavy atom. The number of aromatic nitrogens is 1. The van der Waals surface area contributed by atoms with E-state index in [0.29, 0.717) is 27.2 Å². The number of methoxy groups -OCH3 is 2. The largest absolute Gasteiger partial charge is 0.497 e. The monoisotopic (exact) mass is 388 g/mol. The fourth-order valence-electron chi connectivity index (χ4n) is 2.47. The molecule has 0 spiro atoms. The molecule has 3 aromatic rings. The Bertz CT molecular complexity index is 938. The zero-order valence-corrected chi connectivity index (χ0v) is 16.1. The van der Waals surface area contributed by atoms with E-state index in [2.05, 4.69) is 10.3 Å². The highest BCUT2D eigenvalue weighted by Gasteiger charge is 2.17. The standard InChI is InChI=1S/C19H17ClN2O3S/c1-11-17(15-10-14(24-2)8-9-16(15)25-3)21-19(26-11)22-18(23)12-4-6-13(20)7-5-12/h4-10H,1-3H3,(H,21,22,23). The molecule has 0 fully saturated rings. The Kier molecular flexibility index (Phi) is 5.44. The predicted molar refractivity (Wildman–Crippen MR) is 105 cm³/mol. The highest BCUT2D eigenvalue weighted by Crippen LogP contribution is 2.38. The lowest BCUT2D eigenvalue weighted by molar-refractivity contribution is 0.102. The van der Waals surface area contributed by atoms with E-state index in [-0.39, 0.29) is 5.91 Å². The fourth-order valence-corrected chi connectivity index (χ4v) is 3.42. The van der Waals surface area contributed by atoms with Crippen LogP contribution in [0, 0.1) is 6.92 Å². The molecule has 5 nitrogen and oxygen atoms in total. The van der Waals surface area contributed by atoms with Crippen LogP contribution in [0.15, 0.2) is 42.5 Å². The molecule has 1 N–H and O–H groups in total. The zero-order valence-electron chi connectivity index (χ0n) is 14.5. The third kappa shape index (κ3) is 3.81. The highest BCUT2D eigenvalue weighted by atomic mass is 35.5. The third-order valence-corrected chi connectivity index (χ3v) is 4.92. The molecule has 1 heterocycles. The Morgan fingerprint density at radius 3 is 2.50 bits per heavy atom. The number of nitrogens with one attached hydrogen (secondary N) is 1. The normalized spacial score (nSPS) is 10.5. The van der Waals surface area contributed by atoms with Gasteiger partial charge in [0.05, 0.1) is 19.9 Å². The summed E-state index contributed by atoms with van der Waals surface area (Å²) in [4.78, 5) is 17.9. The van der Waals surface area contributed by atoms with Crippen molar-refractivity contribution in [2.75, 3.05) is 19.5 Å². The summed E-state index contributed by atoms with van der Waals surface area (Å²) < 4.78 is 10.7. The van der Waals surface area contributed by atoms with Crippen molar-refractivity contribution in [3.63, 3.8) is 0 Å². The molecule has 1 amide bonds. The number of hydrogen-bond acceptors (Lipinski definition) is 5. The van der Waals surface area contributed by atoms with Crippen LogP contribution < -0.4 is 14.8 Å². The predicted octanol–water partition coefficient (Wildman–Crippen LogP) is 5.04. The fraction of sp³-hybridized carbons (Fsp3) is 0.158. The second-order valence-electron chi connectivity index (χ2n) is 5.45. The number of halogens is 1. The molecule has 0 aliphatic heterocycles. The lowest BCUT2D eigenvalue weighted by Crippen LogP contribution is -2.11. The third-order valence-electron chi connectivity index (χ3n) is 3.79. The molecule has 3 rings (SSSR count). The van der Waals surface area contributed by atoms with Crippen LogP contribution in [0.1, 0.15) is 15.2 Å². The maximum absolute atomic E-state index is 12.4. The first-order valence-electron chi connectivity index (χ1n) is 7.78. The molecule has 0 saturated carbocycles. The summed E-state index contributed by atoms with van der Waals surface area (Å²) in [6.07, 6.45) is 0. The Morgan fingerprint density at radius 1 is 1.12 bits per heavy atom. The molecular weight excluding hydrogens is 372 g/mol. The van der Waals surface area contributed by atoms with Crippen molar-refractivity contribution in [2.45, 2.75) is 6.92 Å². The average Bonchev–Trinajstić information content (AvgIpc) is 3.01. The van der Waals surface area contributed by atoms with E-state index in [1.54, 1.807) is 38.5 Å². The Balaban J connectivity index is 1.90. The van der Waals surface area contributed by atoms with E-state index < -0.39 is 0 Å². The van der Waals surface area contributed by atoms with Gasteiger partial charge in [0.1, 0.15) is 11.5 Å². The van der Waals surface area contributed by atoms with Crippen molar-refractivity contribution in [2.24, 2.45) is 0 Å². The van der Waals surface area contributed by atoms with Gasteiger partial charge in [-0.15, -0.1) is 11.3 Å². The molecule has 7 heteroatoms. The Hall–Kier alpha value is -2.57. The van der Waals surface area contributed by atoms with Gasteiger partial charge in [-0.3, -0.25) is 10.1 Å². The summed E-state index contributed by atoms with van der Waals surface area (Å²) in [5.41, 5.74) is 2.08. The summed E-state index contributed by atoms with van der Waals surface area (Å²) in [6.45, 7) is 1.95. The first-order chi connectivity index (χ1) is 12.5. The SMILES string of the molecule is COc1ccc(OC)c(-c2nc(NC(=O)c3ccc(Cl)cc3)sc2C)c1. The molecule has 0 saturated heterocycles. The molecule has 0 bridgehead atoms. The molecular formula is C19H17ClN2O3S. The van der Waals surface area contributed by atoms with Gasteiger partial charge in [-0.1, -0.05) is 11.6 Å².